The summed E-state index contributed by atoms with van der Waals surface area (Å²) in [7, 11) is 0. The summed E-state index contributed by atoms with van der Waals surface area (Å²) in [5, 5.41) is 19.3. The number of rotatable bonds is 3. The van der Waals surface area contributed by atoms with Gasteiger partial charge in [-0.1, -0.05) is 40.6 Å². The van der Waals surface area contributed by atoms with Gasteiger partial charge in [0.05, 0.1) is 22.3 Å². The zero-order valence-corrected chi connectivity index (χ0v) is 15.2. The molecule has 0 bridgehead atoms. The molecule has 0 fully saturated rings. The van der Waals surface area contributed by atoms with Crippen LogP contribution in [0.15, 0.2) is 24.3 Å². The van der Waals surface area contributed by atoms with Crippen LogP contribution < -0.4 is 0 Å². The highest BCUT2D eigenvalue weighted by molar-refractivity contribution is 7.16. The molecule has 0 amide bonds. The maximum atomic E-state index is 6.29. The van der Waals surface area contributed by atoms with Gasteiger partial charge in [-0.15, -0.1) is 10.2 Å². The molecule has 3 aromatic heterocycles. The van der Waals surface area contributed by atoms with Gasteiger partial charge in [-0.2, -0.15) is 14.7 Å². The minimum Gasteiger partial charge on any atom is -0.263 e. The summed E-state index contributed by atoms with van der Waals surface area (Å²) in [5.74, 6) is 0.577. The Balaban J connectivity index is 1.76. The third kappa shape index (κ3) is 2.58. The number of benzene rings is 1. The van der Waals surface area contributed by atoms with E-state index in [1.54, 1.807) is 10.6 Å². The van der Waals surface area contributed by atoms with Crippen LogP contribution in [0.2, 0.25) is 10.0 Å². The summed E-state index contributed by atoms with van der Waals surface area (Å²) in [5.41, 5.74) is 2.79. The Hall–Kier alpha value is -1.96. The zero-order valence-electron chi connectivity index (χ0n) is 12.9. The van der Waals surface area contributed by atoms with Gasteiger partial charge in [-0.3, -0.25) is 4.68 Å². The molecule has 6 nitrogen and oxygen atoms in total. The number of nitrogens with zero attached hydrogens (tertiary/aromatic N) is 6. The molecule has 9 heteroatoms. The van der Waals surface area contributed by atoms with E-state index in [2.05, 4.69) is 20.4 Å². The van der Waals surface area contributed by atoms with Crippen LogP contribution in [0.25, 0.3) is 16.3 Å². The number of halogens is 2. The van der Waals surface area contributed by atoms with Crippen molar-refractivity contribution < 1.29 is 0 Å². The summed E-state index contributed by atoms with van der Waals surface area (Å²) < 4.78 is 3.62. The first-order valence-corrected chi connectivity index (χ1v) is 8.77. The Labute approximate surface area is 151 Å². The minimum absolute atomic E-state index is 0.446. The molecule has 122 valence electrons. The van der Waals surface area contributed by atoms with Gasteiger partial charge in [0.25, 0.3) is 0 Å². The quantitative estimate of drug-likeness (QED) is 0.539. The van der Waals surface area contributed by atoms with Crippen LogP contribution in [0.3, 0.4) is 0 Å². The van der Waals surface area contributed by atoms with E-state index >= 15 is 0 Å². The van der Waals surface area contributed by atoms with Gasteiger partial charge in [0.15, 0.2) is 5.82 Å². The molecule has 0 atom stereocenters. The number of hydrogen-bond acceptors (Lipinski definition) is 5. The third-order valence-corrected chi connectivity index (χ3v) is 5.32. The van der Waals surface area contributed by atoms with Gasteiger partial charge < -0.3 is 0 Å². The van der Waals surface area contributed by atoms with Gasteiger partial charge >= 0.3 is 0 Å². The maximum Gasteiger partial charge on any atom is 0.235 e. The van der Waals surface area contributed by atoms with E-state index in [1.807, 2.05) is 36.7 Å². The van der Waals surface area contributed by atoms with E-state index in [9.17, 15) is 0 Å². The predicted octanol–water partition coefficient (Wildman–Crippen LogP) is 4.02. The molecule has 0 aliphatic carbocycles. The Morgan fingerprint density at radius 3 is 2.71 bits per heavy atom. The number of aromatic nitrogens is 6. The highest BCUT2D eigenvalue weighted by Crippen LogP contribution is 2.33. The largest absolute Gasteiger partial charge is 0.263 e. The number of hydrogen-bond donors (Lipinski definition) is 0. The summed E-state index contributed by atoms with van der Waals surface area (Å²) in [6, 6.07) is 7.46. The molecule has 24 heavy (non-hydrogen) atoms. The van der Waals surface area contributed by atoms with Crippen molar-refractivity contribution in [1.29, 1.82) is 0 Å². The van der Waals surface area contributed by atoms with Crippen LogP contribution in [-0.4, -0.2) is 29.6 Å². The molecular weight excluding hydrogens is 367 g/mol. The fourth-order valence-corrected chi connectivity index (χ4v) is 3.73. The molecule has 0 saturated heterocycles. The average Bonchev–Trinajstić information content (AvgIpc) is 3.18. The molecule has 0 aliphatic heterocycles. The Morgan fingerprint density at radius 1 is 1.12 bits per heavy atom. The highest BCUT2D eigenvalue weighted by Gasteiger charge is 2.17. The Bertz CT molecular complexity index is 1050. The van der Waals surface area contributed by atoms with Crippen molar-refractivity contribution in [1.82, 2.24) is 29.6 Å². The molecule has 0 radical (unpaired) electrons. The van der Waals surface area contributed by atoms with Crippen molar-refractivity contribution >= 4 is 39.5 Å². The lowest BCUT2D eigenvalue weighted by Crippen LogP contribution is -2.04. The first-order chi connectivity index (χ1) is 11.5. The highest BCUT2D eigenvalue weighted by atomic mass is 35.5. The van der Waals surface area contributed by atoms with Gasteiger partial charge in [0, 0.05) is 11.3 Å². The van der Waals surface area contributed by atoms with Gasteiger partial charge in [-0.05, 0) is 32.0 Å². The van der Waals surface area contributed by atoms with Crippen LogP contribution in [-0.2, 0) is 6.54 Å². The number of aryl methyl sites for hydroxylation is 2. The molecule has 0 N–H and O–H groups in total. The lowest BCUT2D eigenvalue weighted by molar-refractivity contribution is 0.648. The van der Waals surface area contributed by atoms with Gasteiger partial charge in [0.1, 0.15) is 5.01 Å². The smallest absolute Gasteiger partial charge is 0.235 e. The molecule has 4 aromatic rings. The minimum atomic E-state index is 0.446. The van der Waals surface area contributed by atoms with Crippen molar-refractivity contribution in [3.8, 4) is 11.4 Å². The van der Waals surface area contributed by atoms with Crippen molar-refractivity contribution in [2.75, 3.05) is 0 Å². The second-order valence-electron chi connectivity index (χ2n) is 5.40. The summed E-state index contributed by atoms with van der Waals surface area (Å²) in [4.78, 5) is 0.706. The van der Waals surface area contributed by atoms with E-state index in [1.165, 1.54) is 11.3 Å². The Morgan fingerprint density at radius 2 is 1.96 bits per heavy atom. The van der Waals surface area contributed by atoms with Crippen molar-refractivity contribution in [3.05, 3.63) is 50.7 Å². The molecule has 4 rings (SSSR count). The van der Waals surface area contributed by atoms with Crippen LogP contribution in [0, 0.1) is 13.8 Å². The SMILES string of the molecule is Cc1cc(C)n(Cc2nn3c(-c4cccc(Cl)c4Cl)nnc3s2)n1. The first kappa shape index (κ1) is 15.6. The first-order valence-electron chi connectivity index (χ1n) is 7.19. The van der Waals surface area contributed by atoms with Gasteiger partial charge in [-0.25, -0.2) is 0 Å². The van der Waals surface area contributed by atoms with E-state index in [0.717, 1.165) is 16.4 Å². The lowest BCUT2D eigenvalue weighted by Gasteiger charge is -2.02. The second kappa shape index (κ2) is 5.84. The zero-order chi connectivity index (χ0) is 16.8. The number of fused-ring (bicyclic) bond motifs is 1. The van der Waals surface area contributed by atoms with E-state index in [4.69, 9.17) is 23.2 Å². The monoisotopic (exact) mass is 378 g/mol. The van der Waals surface area contributed by atoms with E-state index in [0.29, 0.717) is 32.9 Å². The van der Waals surface area contributed by atoms with Crippen LogP contribution in [0.1, 0.15) is 16.4 Å². The van der Waals surface area contributed by atoms with Crippen molar-refractivity contribution in [2.45, 2.75) is 20.4 Å². The maximum absolute atomic E-state index is 6.29. The Kier molecular flexibility index (Phi) is 3.79. The second-order valence-corrected chi connectivity index (χ2v) is 7.23. The fraction of sp³-hybridized carbons (Fsp3) is 0.200. The van der Waals surface area contributed by atoms with Crippen molar-refractivity contribution in [3.63, 3.8) is 0 Å². The van der Waals surface area contributed by atoms with Crippen LogP contribution in [0.4, 0.5) is 0 Å². The van der Waals surface area contributed by atoms with Crippen LogP contribution in [0.5, 0.6) is 0 Å². The summed E-state index contributed by atoms with van der Waals surface area (Å²) in [6.45, 7) is 4.59. The molecule has 0 aliphatic rings. The molecule has 1 aromatic carbocycles. The normalized spacial score (nSPS) is 11.5. The van der Waals surface area contributed by atoms with Crippen LogP contribution >= 0.6 is 34.5 Å². The predicted molar refractivity (Wildman–Crippen MR) is 94.9 cm³/mol. The molecule has 3 heterocycles. The molecule has 0 unspecified atom stereocenters. The molecular formula is C15H12Cl2N6S. The van der Waals surface area contributed by atoms with E-state index in [-0.39, 0.29) is 0 Å². The summed E-state index contributed by atoms with van der Waals surface area (Å²) >= 11 is 13.9. The standard InChI is InChI=1S/C15H12Cl2N6S/c1-8-6-9(2)22(20-8)7-12-21-23-14(18-19-15(23)24-12)10-4-3-5-11(16)13(10)17/h3-6H,7H2,1-2H3. The molecule has 0 saturated carbocycles. The van der Waals surface area contributed by atoms with E-state index < -0.39 is 0 Å². The lowest BCUT2D eigenvalue weighted by atomic mass is 10.2. The topological polar surface area (TPSA) is 60.9 Å². The molecule has 0 spiro atoms. The third-order valence-electron chi connectivity index (χ3n) is 3.61. The summed E-state index contributed by atoms with van der Waals surface area (Å²) in [6.07, 6.45) is 0. The fourth-order valence-electron chi connectivity index (χ4n) is 2.53. The average molecular weight is 379 g/mol. The van der Waals surface area contributed by atoms with Gasteiger partial charge in [0.2, 0.25) is 4.96 Å². The van der Waals surface area contributed by atoms with Crippen molar-refractivity contribution in [2.24, 2.45) is 0 Å².